The third kappa shape index (κ3) is 3.24. The molecule has 3 N–H and O–H groups in total. The molecule has 0 radical (unpaired) electrons. The van der Waals surface area contributed by atoms with E-state index < -0.39 is 10.0 Å². The maximum Gasteiger partial charge on any atom is 0.240 e. The van der Waals surface area contributed by atoms with Gasteiger partial charge in [-0.2, -0.15) is 0 Å². The summed E-state index contributed by atoms with van der Waals surface area (Å²) in [6.07, 6.45) is 0. The molecule has 0 aliphatic carbocycles. The average molecular weight is 295 g/mol. The summed E-state index contributed by atoms with van der Waals surface area (Å²) in [5.41, 5.74) is 6.25. The number of hydrogen-bond acceptors (Lipinski definition) is 5. The standard InChI is InChI=1S/C13H17N3O3S/c1-9(8-19-2)16-20(17,18)11-4-5-12-10(7-11)3-6-13(14)15-12/h3-7,9,16H,8H2,1-2H3,(H2,14,15). The number of aromatic nitrogens is 1. The lowest BCUT2D eigenvalue weighted by atomic mass is 10.2. The molecule has 0 spiro atoms. The van der Waals surface area contributed by atoms with Crippen LogP contribution in [0.15, 0.2) is 35.2 Å². The maximum absolute atomic E-state index is 12.2. The summed E-state index contributed by atoms with van der Waals surface area (Å²) in [6.45, 7) is 2.05. The first-order valence-electron chi connectivity index (χ1n) is 6.10. The van der Waals surface area contributed by atoms with Crippen LogP contribution in [0.3, 0.4) is 0 Å². The Morgan fingerprint density at radius 2 is 2.10 bits per heavy atom. The topological polar surface area (TPSA) is 94.3 Å². The number of hydrogen-bond donors (Lipinski definition) is 2. The van der Waals surface area contributed by atoms with Crippen molar-refractivity contribution in [2.24, 2.45) is 0 Å². The van der Waals surface area contributed by atoms with Crippen LogP contribution in [0.25, 0.3) is 10.9 Å². The van der Waals surface area contributed by atoms with Gasteiger partial charge in [0.2, 0.25) is 10.0 Å². The van der Waals surface area contributed by atoms with E-state index >= 15 is 0 Å². The Labute approximate surface area is 118 Å². The van der Waals surface area contributed by atoms with Crippen molar-refractivity contribution >= 4 is 26.7 Å². The predicted molar refractivity (Wildman–Crippen MR) is 77.8 cm³/mol. The number of nitrogens with zero attached hydrogens (tertiary/aromatic N) is 1. The Kier molecular flexibility index (Phi) is 4.22. The van der Waals surface area contributed by atoms with Crippen molar-refractivity contribution in [2.75, 3.05) is 19.5 Å². The van der Waals surface area contributed by atoms with Crippen LogP contribution in [-0.4, -0.2) is 33.2 Å². The van der Waals surface area contributed by atoms with Crippen molar-refractivity contribution in [1.82, 2.24) is 9.71 Å². The van der Waals surface area contributed by atoms with Crippen molar-refractivity contribution in [3.8, 4) is 0 Å². The minimum Gasteiger partial charge on any atom is -0.384 e. The molecule has 7 heteroatoms. The quantitative estimate of drug-likeness (QED) is 0.862. The zero-order valence-electron chi connectivity index (χ0n) is 11.3. The van der Waals surface area contributed by atoms with Gasteiger partial charge in [-0.05, 0) is 37.3 Å². The molecule has 108 valence electrons. The fourth-order valence-electron chi connectivity index (χ4n) is 1.90. The molecule has 1 atom stereocenters. The first-order valence-corrected chi connectivity index (χ1v) is 7.58. The zero-order valence-corrected chi connectivity index (χ0v) is 12.1. The SMILES string of the molecule is COCC(C)NS(=O)(=O)c1ccc2nc(N)ccc2c1. The Morgan fingerprint density at radius 3 is 2.80 bits per heavy atom. The molecule has 0 saturated carbocycles. The highest BCUT2D eigenvalue weighted by Gasteiger charge is 2.17. The minimum absolute atomic E-state index is 0.194. The molecule has 2 aromatic rings. The molecule has 1 unspecified atom stereocenters. The Balaban J connectivity index is 2.34. The molecule has 2 rings (SSSR count). The Hall–Kier alpha value is -1.70. The van der Waals surface area contributed by atoms with Crippen LogP contribution in [-0.2, 0) is 14.8 Å². The minimum atomic E-state index is -3.57. The first kappa shape index (κ1) is 14.7. The van der Waals surface area contributed by atoms with Crippen LogP contribution in [0, 0.1) is 0 Å². The van der Waals surface area contributed by atoms with Crippen LogP contribution >= 0.6 is 0 Å². The summed E-state index contributed by atoms with van der Waals surface area (Å²) in [5.74, 6) is 0.403. The van der Waals surface area contributed by atoms with Gasteiger partial charge in [0.15, 0.2) is 0 Å². The highest BCUT2D eigenvalue weighted by atomic mass is 32.2. The van der Waals surface area contributed by atoms with E-state index in [0.717, 1.165) is 5.39 Å². The van der Waals surface area contributed by atoms with Gasteiger partial charge in [0.1, 0.15) is 5.82 Å². The van der Waals surface area contributed by atoms with Crippen molar-refractivity contribution < 1.29 is 13.2 Å². The molecular weight excluding hydrogens is 278 g/mol. The monoisotopic (exact) mass is 295 g/mol. The molecule has 20 heavy (non-hydrogen) atoms. The zero-order chi connectivity index (χ0) is 14.8. The lowest BCUT2D eigenvalue weighted by Crippen LogP contribution is -2.35. The van der Waals surface area contributed by atoms with Crippen LogP contribution in [0.5, 0.6) is 0 Å². The van der Waals surface area contributed by atoms with E-state index in [-0.39, 0.29) is 10.9 Å². The summed E-state index contributed by atoms with van der Waals surface area (Å²) in [4.78, 5) is 4.33. The van der Waals surface area contributed by atoms with E-state index in [9.17, 15) is 8.42 Å². The van der Waals surface area contributed by atoms with Crippen LogP contribution in [0.4, 0.5) is 5.82 Å². The number of nitrogens with one attached hydrogen (secondary N) is 1. The van der Waals surface area contributed by atoms with E-state index in [0.29, 0.717) is 17.9 Å². The highest BCUT2D eigenvalue weighted by molar-refractivity contribution is 7.89. The first-order chi connectivity index (χ1) is 9.42. The normalized spacial score (nSPS) is 13.5. The fraction of sp³-hybridized carbons (Fsp3) is 0.308. The number of nitrogens with two attached hydrogens (primary N) is 1. The van der Waals surface area contributed by atoms with E-state index in [1.165, 1.54) is 13.2 Å². The Morgan fingerprint density at radius 1 is 1.35 bits per heavy atom. The molecule has 0 saturated heterocycles. The number of methoxy groups -OCH3 is 1. The van der Waals surface area contributed by atoms with Gasteiger partial charge >= 0.3 is 0 Å². The summed E-state index contributed by atoms with van der Waals surface area (Å²) in [6, 6.07) is 7.81. The van der Waals surface area contributed by atoms with Gasteiger partial charge in [0, 0.05) is 18.5 Å². The van der Waals surface area contributed by atoms with Gasteiger partial charge in [-0.15, -0.1) is 0 Å². The summed E-state index contributed by atoms with van der Waals surface area (Å²) in [7, 11) is -2.05. The fourth-order valence-corrected chi connectivity index (χ4v) is 3.17. The van der Waals surface area contributed by atoms with Crippen molar-refractivity contribution in [3.05, 3.63) is 30.3 Å². The average Bonchev–Trinajstić information content (AvgIpc) is 2.37. The van der Waals surface area contributed by atoms with Gasteiger partial charge in [-0.25, -0.2) is 18.1 Å². The number of pyridine rings is 1. The molecule has 0 aliphatic heterocycles. The number of anilines is 1. The molecule has 6 nitrogen and oxygen atoms in total. The number of nitrogen functional groups attached to an aromatic ring is 1. The van der Waals surface area contributed by atoms with Crippen LogP contribution in [0.2, 0.25) is 0 Å². The molecular formula is C13H17N3O3S. The number of ether oxygens (including phenoxy) is 1. The number of rotatable bonds is 5. The van der Waals surface area contributed by atoms with Crippen molar-refractivity contribution in [1.29, 1.82) is 0 Å². The van der Waals surface area contributed by atoms with Gasteiger partial charge in [-0.3, -0.25) is 0 Å². The lowest BCUT2D eigenvalue weighted by Gasteiger charge is -2.13. The molecule has 0 fully saturated rings. The third-order valence-electron chi connectivity index (χ3n) is 2.77. The number of benzene rings is 1. The molecule has 1 heterocycles. The van der Waals surface area contributed by atoms with Crippen LogP contribution < -0.4 is 10.5 Å². The van der Waals surface area contributed by atoms with E-state index in [1.807, 2.05) is 0 Å². The Bertz CT molecular complexity index is 716. The maximum atomic E-state index is 12.2. The summed E-state index contributed by atoms with van der Waals surface area (Å²) >= 11 is 0. The van der Waals surface area contributed by atoms with E-state index in [2.05, 4.69) is 9.71 Å². The van der Waals surface area contributed by atoms with E-state index in [4.69, 9.17) is 10.5 Å². The van der Waals surface area contributed by atoms with Crippen molar-refractivity contribution in [2.45, 2.75) is 17.9 Å². The number of fused-ring (bicyclic) bond motifs is 1. The van der Waals surface area contributed by atoms with Gasteiger partial charge in [0.05, 0.1) is 17.0 Å². The highest BCUT2D eigenvalue weighted by Crippen LogP contribution is 2.19. The third-order valence-corrected chi connectivity index (χ3v) is 4.35. The smallest absolute Gasteiger partial charge is 0.240 e. The summed E-state index contributed by atoms with van der Waals surface area (Å²) < 4.78 is 31.9. The van der Waals surface area contributed by atoms with Gasteiger partial charge < -0.3 is 10.5 Å². The van der Waals surface area contributed by atoms with Crippen LogP contribution in [0.1, 0.15) is 6.92 Å². The molecule has 1 aromatic carbocycles. The second-order valence-corrected chi connectivity index (χ2v) is 6.28. The second-order valence-electron chi connectivity index (χ2n) is 4.57. The largest absolute Gasteiger partial charge is 0.384 e. The number of sulfonamides is 1. The molecule has 0 aliphatic rings. The van der Waals surface area contributed by atoms with Gasteiger partial charge in [-0.1, -0.05) is 0 Å². The van der Waals surface area contributed by atoms with E-state index in [1.54, 1.807) is 31.2 Å². The molecule has 0 amide bonds. The van der Waals surface area contributed by atoms with Gasteiger partial charge in [0.25, 0.3) is 0 Å². The van der Waals surface area contributed by atoms with Crippen molar-refractivity contribution in [3.63, 3.8) is 0 Å². The second kappa shape index (κ2) is 5.74. The lowest BCUT2D eigenvalue weighted by molar-refractivity contribution is 0.180. The molecule has 1 aromatic heterocycles. The predicted octanol–water partition coefficient (Wildman–Crippen LogP) is 1.13. The molecule has 0 bridgehead atoms. The summed E-state index contributed by atoms with van der Waals surface area (Å²) in [5, 5.41) is 0.724.